The van der Waals surface area contributed by atoms with E-state index in [1.807, 2.05) is 6.07 Å². The van der Waals surface area contributed by atoms with E-state index in [0.717, 1.165) is 5.69 Å². The van der Waals surface area contributed by atoms with E-state index in [9.17, 15) is 4.79 Å². The second kappa shape index (κ2) is 4.54. The fraction of sp³-hybridized carbons (Fsp3) is 0.0769. The summed E-state index contributed by atoms with van der Waals surface area (Å²) >= 11 is 0. The molecule has 4 nitrogen and oxygen atoms in total. The fourth-order valence-corrected chi connectivity index (χ4v) is 1.46. The number of anilines is 1. The van der Waals surface area contributed by atoms with Gasteiger partial charge in [-0.15, -0.1) is 0 Å². The zero-order valence-electron chi connectivity index (χ0n) is 9.25. The number of benzene rings is 1. The fourth-order valence-electron chi connectivity index (χ4n) is 1.46. The molecule has 0 saturated heterocycles. The smallest absolute Gasteiger partial charge is 0.261 e. The van der Waals surface area contributed by atoms with Gasteiger partial charge in [0.1, 0.15) is 6.26 Å². The summed E-state index contributed by atoms with van der Waals surface area (Å²) in [5, 5.41) is 8.68. The molecule has 2 aromatic rings. The van der Waals surface area contributed by atoms with Crippen molar-refractivity contribution in [2.75, 3.05) is 11.9 Å². The van der Waals surface area contributed by atoms with Crippen LogP contribution in [0.2, 0.25) is 0 Å². The van der Waals surface area contributed by atoms with Crippen molar-refractivity contribution in [2.45, 2.75) is 0 Å². The van der Waals surface area contributed by atoms with Crippen molar-refractivity contribution in [3.8, 4) is 6.07 Å². The average Bonchev–Trinajstić information content (AvgIpc) is 2.91. The first kappa shape index (κ1) is 11.0. The molecule has 0 saturated carbocycles. The van der Waals surface area contributed by atoms with Crippen LogP contribution >= 0.6 is 0 Å². The average molecular weight is 226 g/mol. The van der Waals surface area contributed by atoms with Crippen molar-refractivity contribution >= 4 is 11.6 Å². The minimum atomic E-state index is -0.150. The summed E-state index contributed by atoms with van der Waals surface area (Å²) in [5.74, 6) is -0.150. The molecule has 2 rings (SSSR count). The van der Waals surface area contributed by atoms with Gasteiger partial charge in [0.15, 0.2) is 0 Å². The van der Waals surface area contributed by atoms with Crippen LogP contribution in [-0.2, 0) is 0 Å². The minimum Gasteiger partial charge on any atom is -0.472 e. The Morgan fingerprint density at radius 1 is 1.29 bits per heavy atom. The van der Waals surface area contributed by atoms with Gasteiger partial charge in [-0.25, -0.2) is 0 Å². The molecule has 0 unspecified atom stereocenters. The van der Waals surface area contributed by atoms with Crippen LogP contribution in [0.25, 0.3) is 0 Å². The predicted octanol–water partition coefficient (Wildman–Crippen LogP) is 2.43. The Bertz CT molecular complexity index is 550. The lowest BCUT2D eigenvalue weighted by atomic mass is 10.2. The number of carbonyl (C=O) groups is 1. The maximum atomic E-state index is 12.0. The summed E-state index contributed by atoms with van der Waals surface area (Å²) in [6.07, 6.45) is 2.86. The SMILES string of the molecule is CN(C(=O)c1ccoc1)c1ccc(C#N)cc1. The Kier molecular flexibility index (Phi) is 2.93. The highest BCUT2D eigenvalue weighted by Crippen LogP contribution is 2.16. The molecule has 0 aliphatic heterocycles. The molecule has 1 amide bonds. The van der Waals surface area contributed by atoms with Crippen LogP contribution in [0.1, 0.15) is 15.9 Å². The van der Waals surface area contributed by atoms with Gasteiger partial charge >= 0.3 is 0 Å². The highest BCUT2D eigenvalue weighted by molar-refractivity contribution is 6.05. The molecule has 1 aromatic heterocycles. The highest BCUT2D eigenvalue weighted by Gasteiger charge is 2.14. The summed E-state index contributed by atoms with van der Waals surface area (Å²) < 4.78 is 4.87. The van der Waals surface area contributed by atoms with Crippen molar-refractivity contribution in [2.24, 2.45) is 0 Å². The number of rotatable bonds is 2. The van der Waals surface area contributed by atoms with Crippen molar-refractivity contribution in [1.82, 2.24) is 0 Å². The normalized spacial score (nSPS) is 9.65. The van der Waals surface area contributed by atoms with Gasteiger partial charge in [0.25, 0.3) is 5.91 Å². The largest absolute Gasteiger partial charge is 0.472 e. The molecule has 0 bridgehead atoms. The topological polar surface area (TPSA) is 57.2 Å². The predicted molar refractivity (Wildman–Crippen MR) is 62.6 cm³/mol. The number of nitrogens with zero attached hydrogens (tertiary/aromatic N) is 2. The van der Waals surface area contributed by atoms with E-state index in [1.54, 1.807) is 37.4 Å². The standard InChI is InChI=1S/C13H10N2O2/c1-15(13(16)11-6-7-17-9-11)12-4-2-10(8-14)3-5-12/h2-7,9H,1H3. The first-order valence-electron chi connectivity index (χ1n) is 5.03. The Labute approximate surface area is 98.7 Å². The zero-order chi connectivity index (χ0) is 12.3. The van der Waals surface area contributed by atoms with Gasteiger partial charge in [-0.05, 0) is 30.3 Å². The molecule has 4 heteroatoms. The highest BCUT2D eigenvalue weighted by atomic mass is 16.3. The maximum Gasteiger partial charge on any atom is 0.261 e. The number of nitriles is 1. The van der Waals surface area contributed by atoms with E-state index in [2.05, 4.69) is 0 Å². The molecule has 0 spiro atoms. The molecule has 0 atom stereocenters. The van der Waals surface area contributed by atoms with Gasteiger partial charge in [0.2, 0.25) is 0 Å². The summed E-state index contributed by atoms with van der Waals surface area (Å²) in [7, 11) is 1.68. The summed E-state index contributed by atoms with van der Waals surface area (Å²) in [5.41, 5.74) is 1.80. The van der Waals surface area contributed by atoms with Crippen LogP contribution in [0.15, 0.2) is 47.3 Å². The Morgan fingerprint density at radius 3 is 2.53 bits per heavy atom. The van der Waals surface area contributed by atoms with Gasteiger partial charge in [0, 0.05) is 12.7 Å². The molecule has 17 heavy (non-hydrogen) atoms. The van der Waals surface area contributed by atoms with Gasteiger partial charge < -0.3 is 9.32 Å². The third-order valence-electron chi connectivity index (χ3n) is 2.46. The Morgan fingerprint density at radius 2 is 2.00 bits per heavy atom. The summed E-state index contributed by atoms with van der Waals surface area (Å²) in [6, 6.07) is 10.5. The van der Waals surface area contributed by atoms with Gasteiger partial charge in [-0.2, -0.15) is 5.26 Å². The second-order valence-electron chi connectivity index (χ2n) is 3.53. The number of furan rings is 1. The second-order valence-corrected chi connectivity index (χ2v) is 3.53. The lowest BCUT2D eigenvalue weighted by Crippen LogP contribution is -2.25. The first-order chi connectivity index (χ1) is 8.22. The lowest BCUT2D eigenvalue weighted by molar-refractivity contribution is 0.0992. The molecule has 0 radical (unpaired) electrons. The number of carbonyl (C=O) groups excluding carboxylic acids is 1. The van der Waals surface area contributed by atoms with E-state index < -0.39 is 0 Å². The van der Waals surface area contributed by atoms with Crippen LogP contribution in [0.5, 0.6) is 0 Å². The van der Waals surface area contributed by atoms with Crippen LogP contribution in [0, 0.1) is 11.3 Å². The molecule has 0 aliphatic carbocycles. The number of hydrogen-bond donors (Lipinski definition) is 0. The molecule has 1 heterocycles. The monoisotopic (exact) mass is 226 g/mol. The van der Waals surface area contributed by atoms with Gasteiger partial charge in [-0.1, -0.05) is 0 Å². The van der Waals surface area contributed by atoms with Crippen LogP contribution in [0.3, 0.4) is 0 Å². The van der Waals surface area contributed by atoms with E-state index in [-0.39, 0.29) is 5.91 Å². The third kappa shape index (κ3) is 2.18. The van der Waals surface area contributed by atoms with Gasteiger partial charge in [0.05, 0.1) is 23.5 Å². The quantitative estimate of drug-likeness (QED) is 0.790. The van der Waals surface area contributed by atoms with E-state index in [4.69, 9.17) is 9.68 Å². The molecule has 1 aromatic carbocycles. The molecular formula is C13H10N2O2. The molecular weight excluding hydrogens is 216 g/mol. The van der Waals surface area contributed by atoms with Crippen LogP contribution in [-0.4, -0.2) is 13.0 Å². The first-order valence-corrected chi connectivity index (χ1v) is 5.03. The van der Waals surface area contributed by atoms with Crippen molar-refractivity contribution in [1.29, 1.82) is 5.26 Å². The summed E-state index contributed by atoms with van der Waals surface area (Å²) in [6.45, 7) is 0. The van der Waals surface area contributed by atoms with Gasteiger partial charge in [-0.3, -0.25) is 4.79 Å². The van der Waals surface area contributed by atoms with E-state index >= 15 is 0 Å². The Balaban J connectivity index is 2.22. The lowest BCUT2D eigenvalue weighted by Gasteiger charge is -2.16. The van der Waals surface area contributed by atoms with Crippen LogP contribution in [0.4, 0.5) is 5.69 Å². The molecule has 0 N–H and O–H groups in total. The third-order valence-corrected chi connectivity index (χ3v) is 2.46. The number of amides is 1. The van der Waals surface area contributed by atoms with E-state index in [1.165, 1.54) is 17.4 Å². The Hall–Kier alpha value is -2.54. The van der Waals surface area contributed by atoms with E-state index in [0.29, 0.717) is 11.1 Å². The number of hydrogen-bond acceptors (Lipinski definition) is 3. The molecule has 0 fully saturated rings. The maximum absolute atomic E-state index is 12.0. The molecule has 84 valence electrons. The van der Waals surface area contributed by atoms with Crippen molar-refractivity contribution in [3.05, 3.63) is 54.0 Å². The summed E-state index contributed by atoms with van der Waals surface area (Å²) in [4.78, 5) is 13.5. The molecule has 0 aliphatic rings. The van der Waals surface area contributed by atoms with Crippen molar-refractivity contribution < 1.29 is 9.21 Å². The minimum absolute atomic E-state index is 0.150. The van der Waals surface area contributed by atoms with Crippen molar-refractivity contribution in [3.63, 3.8) is 0 Å². The zero-order valence-corrected chi connectivity index (χ0v) is 9.25. The van der Waals surface area contributed by atoms with Crippen LogP contribution < -0.4 is 4.90 Å².